The topological polar surface area (TPSA) is 71.5 Å². The summed E-state index contributed by atoms with van der Waals surface area (Å²) >= 11 is 0. The summed E-state index contributed by atoms with van der Waals surface area (Å²) < 4.78 is 18.9. The van der Waals surface area contributed by atoms with Crippen molar-refractivity contribution in [2.45, 2.75) is 25.0 Å². The van der Waals surface area contributed by atoms with Crippen LogP contribution in [-0.2, 0) is 17.9 Å². The zero-order chi connectivity index (χ0) is 25.8. The highest BCUT2D eigenvalue weighted by molar-refractivity contribution is 6.01. The molecule has 7 heteroatoms. The van der Waals surface area contributed by atoms with Gasteiger partial charge in [-0.25, -0.2) is 4.39 Å². The summed E-state index contributed by atoms with van der Waals surface area (Å²) in [6.07, 6.45) is 1.68. The van der Waals surface area contributed by atoms with Crippen molar-refractivity contribution in [1.82, 2.24) is 15.2 Å². The predicted molar refractivity (Wildman–Crippen MR) is 137 cm³/mol. The molecule has 2 unspecified atom stereocenters. The lowest BCUT2D eigenvalue weighted by Gasteiger charge is -2.42. The Morgan fingerprint density at radius 2 is 1.70 bits per heavy atom. The Balaban J connectivity index is 1.58. The first-order valence-corrected chi connectivity index (χ1v) is 12.0. The quantitative estimate of drug-likeness (QED) is 0.391. The molecule has 1 N–H and O–H groups in total. The standard InChI is InChI=1S/C30H26FN3O3/c1-37-24-15-11-21(12-16-24)28-27(29(35)33-18-23-6-4-5-17-32-23)25-7-2-3-8-26(25)30(36)34(28)19-20-9-13-22(31)14-10-20/h2-17,27-28H,18-19H2,1H3,(H,33,35). The molecule has 0 radical (unpaired) electrons. The summed E-state index contributed by atoms with van der Waals surface area (Å²) in [7, 11) is 1.59. The number of nitrogens with zero attached hydrogens (tertiary/aromatic N) is 2. The summed E-state index contributed by atoms with van der Waals surface area (Å²) in [5.41, 5.74) is 3.44. The van der Waals surface area contributed by atoms with Crippen molar-refractivity contribution < 1.29 is 18.7 Å². The molecule has 0 aliphatic carbocycles. The molecule has 1 aliphatic heterocycles. The molecule has 2 heterocycles. The van der Waals surface area contributed by atoms with Gasteiger partial charge in [0.2, 0.25) is 5.91 Å². The Labute approximate surface area is 214 Å². The van der Waals surface area contributed by atoms with Gasteiger partial charge in [-0.1, -0.05) is 48.5 Å². The van der Waals surface area contributed by atoms with Gasteiger partial charge in [0.05, 0.1) is 31.3 Å². The van der Waals surface area contributed by atoms with Crippen LogP contribution in [-0.4, -0.2) is 28.8 Å². The number of rotatable bonds is 7. The van der Waals surface area contributed by atoms with Gasteiger partial charge < -0.3 is 15.0 Å². The number of halogens is 1. The molecule has 0 spiro atoms. The molecule has 6 nitrogen and oxygen atoms in total. The number of ether oxygens (including phenoxy) is 1. The first kappa shape index (κ1) is 24.2. The number of methoxy groups -OCH3 is 1. The minimum Gasteiger partial charge on any atom is -0.497 e. The van der Waals surface area contributed by atoms with Gasteiger partial charge in [-0.05, 0) is 59.2 Å². The third-order valence-electron chi connectivity index (χ3n) is 6.61. The molecule has 2 atom stereocenters. The number of benzene rings is 3. The molecule has 0 saturated carbocycles. The van der Waals surface area contributed by atoms with Crippen molar-refractivity contribution in [3.8, 4) is 5.75 Å². The van der Waals surface area contributed by atoms with E-state index in [4.69, 9.17) is 4.74 Å². The molecule has 4 aromatic rings. The number of nitrogens with one attached hydrogen (secondary N) is 1. The van der Waals surface area contributed by atoms with Gasteiger partial charge in [-0.15, -0.1) is 0 Å². The number of fused-ring (bicyclic) bond motifs is 1. The molecule has 5 rings (SSSR count). The molecule has 1 aromatic heterocycles. The van der Waals surface area contributed by atoms with Crippen LogP contribution in [0.5, 0.6) is 5.75 Å². The third-order valence-corrected chi connectivity index (χ3v) is 6.61. The number of hydrogen-bond donors (Lipinski definition) is 1. The number of aromatic nitrogens is 1. The van der Waals surface area contributed by atoms with Gasteiger partial charge >= 0.3 is 0 Å². The maximum atomic E-state index is 13.8. The number of hydrogen-bond acceptors (Lipinski definition) is 4. The average Bonchev–Trinajstić information content (AvgIpc) is 2.95. The fourth-order valence-corrected chi connectivity index (χ4v) is 4.80. The van der Waals surface area contributed by atoms with Crippen LogP contribution in [0.25, 0.3) is 0 Å². The van der Waals surface area contributed by atoms with Crippen molar-refractivity contribution in [2.24, 2.45) is 0 Å². The summed E-state index contributed by atoms with van der Waals surface area (Å²) in [5, 5.41) is 3.02. The van der Waals surface area contributed by atoms with E-state index in [1.807, 2.05) is 54.6 Å². The molecular weight excluding hydrogens is 469 g/mol. The van der Waals surface area contributed by atoms with Crippen LogP contribution in [0.2, 0.25) is 0 Å². The molecule has 37 heavy (non-hydrogen) atoms. The zero-order valence-electron chi connectivity index (χ0n) is 20.3. The molecule has 0 bridgehead atoms. The molecule has 0 fully saturated rings. The highest BCUT2D eigenvalue weighted by atomic mass is 19.1. The van der Waals surface area contributed by atoms with Crippen LogP contribution in [0.3, 0.4) is 0 Å². The van der Waals surface area contributed by atoms with Crippen LogP contribution in [0.15, 0.2) is 97.2 Å². The number of pyridine rings is 1. The van der Waals surface area contributed by atoms with Crippen LogP contribution >= 0.6 is 0 Å². The monoisotopic (exact) mass is 495 g/mol. The maximum Gasteiger partial charge on any atom is 0.255 e. The smallest absolute Gasteiger partial charge is 0.255 e. The summed E-state index contributed by atoms with van der Waals surface area (Å²) in [4.78, 5) is 33.7. The minimum absolute atomic E-state index is 0.186. The van der Waals surface area contributed by atoms with E-state index >= 15 is 0 Å². The van der Waals surface area contributed by atoms with Crippen molar-refractivity contribution >= 4 is 11.8 Å². The van der Waals surface area contributed by atoms with Gasteiger partial charge in [0.15, 0.2) is 0 Å². The highest BCUT2D eigenvalue weighted by Gasteiger charge is 2.44. The van der Waals surface area contributed by atoms with E-state index in [-0.39, 0.29) is 30.7 Å². The second-order valence-electron chi connectivity index (χ2n) is 8.88. The summed E-state index contributed by atoms with van der Waals surface area (Å²) in [6, 6.07) is 25.6. The van der Waals surface area contributed by atoms with Crippen LogP contribution in [0, 0.1) is 5.82 Å². The van der Waals surface area contributed by atoms with E-state index in [1.54, 1.807) is 42.5 Å². The maximum absolute atomic E-state index is 13.8. The lowest BCUT2D eigenvalue weighted by molar-refractivity contribution is -0.124. The fourth-order valence-electron chi connectivity index (χ4n) is 4.80. The van der Waals surface area contributed by atoms with Crippen molar-refractivity contribution in [1.29, 1.82) is 0 Å². The van der Waals surface area contributed by atoms with Gasteiger partial charge in [-0.3, -0.25) is 14.6 Å². The number of carbonyl (C=O) groups is 2. The number of amides is 2. The lowest BCUT2D eigenvalue weighted by Crippen LogP contribution is -2.47. The molecule has 0 saturated heterocycles. The summed E-state index contributed by atoms with van der Waals surface area (Å²) in [6.45, 7) is 0.480. The fraction of sp³-hybridized carbons (Fsp3) is 0.167. The van der Waals surface area contributed by atoms with E-state index < -0.39 is 12.0 Å². The Hall–Kier alpha value is -4.52. The highest BCUT2D eigenvalue weighted by Crippen LogP contribution is 2.44. The second kappa shape index (κ2) is 10.6. The zero-order valence-corrected chi connectivity index (χ0v) is 20.3. The van der Waals surface area contributed by atoms with Crippen molar-refractivity contribution in [3.63, 3.8) is 0 Å². The Morgan fingerprint density at radius 3 is 2.41 bits per heavy atom. The van der Waals surface area contributed by atoms with Crippen molar-refractivity contribution in [3.05, 3.63) is 131 Å². The average molecular weight is 496 g/mol. The van der Waals surface area contributed by atoms with E-state index in [9.17, 15) is 14.0 Å². The van der Waals surface area contributed by atoms with E-state index in [0.717, 1.165) is 16.8 Å². The first-order chi connectivity index (χ1) is 18.0. The Kier molecular flexibility index (Phi) is 6.94. The SMILES string of the molecule is COc1ccc(C2C(C(=O)NCc3ccccn3)c3ccccc3C(=O)N2Cc2ccc(F)cc2)cc1. The molecule has 186 valence electrons. The van der Waals surface area contributed by atoms with Crippen molar-refractivity contribution in [2.75, 3.05) is 7.11 Å². The number of carbonyl (C=O) groups excluding carboxylic acids is 2. The van der Waals surface area contributed by atoms with Gasteiger partial charge in [0, 0.05) is 18.3 Å². The second-order valence-corrected chi connectivity index (χ2v) is 8.88. The Bertz CT molecular complexity index is 1390. The molecular formula is C30H26FN3O3. The lowest BCUT2D eigenvalue weighted by atomic mass is 9.79. The van der Waals surface area contributed by atoms with E-state index in [2.05, 4.69) is 10.3 Å². The van der Waals surface area contributed by atoms with Gasteiger partial charge in [0.1, 0.15) is 11.6 Å². The van der Waals surface area contributed by atoms with Crippen LogP contribution in [0.4, 0.5) is 4.39 Å². The first-order valence-electron chi connectivity index (χ1n) is 12.0. The third kappa shape index (κ3) is 5.07. The van der Waals surface area contributed by atoms with Gasteiger partial charge in [-0.2, -0.15) is 0 Å². The Morgan fingerprint density at radius 1 is 0.973 bits per heavy atom. The van der Waals surface area contributed by atoms with E-state index in [1.165, 1.54) is 12.1 Å². The van der Waals surface area contributed by atoms with Gasteiger partial charge in [0.25, 0.3) is 5.91 Å². The molecule has 3 aromatic carbocycles. The van der Waals surface area contributed by atoms with Crippen LogP contribution in [0.1, 0.15) is 44.7 Å². The predicted octanol–water partition coefficient (Wildman–Crippen LogP) is 5.03. The normalized spacial score (nSPS) is 16.7. The largest absolute Gasteiger partial charge is 0.497 e. The molecule has 2 amide bonds. The summed E-state index contributed by atoms with van der Waals surface area (Å²) in [5.74, 6) is -0.749. The molecule has 1 aliphatic rings. The van der Waals surface area contributed by atoms with Crippen LogP contribution < -0.4 is 10.1 Å². The minimum atomic E-state index is -0.675. The van der Waals surface area contributed by atoms with E-state index in [0.29, 0.717) is 16.9 Å².